The molecule has 20 heavy (non-hydrogen) atoms. The Hall–Kier alpha value is -2.76. The second-order valence-electron chi connectivity index (χ2n) is 4.03. The van der Waals surface area contributed by atoms with Crippen LogP contribution in [0.2, 0.25) is 0 Å². The van der Waals surface area contributed by atoms with Crippen LogP contribution in [0.3, 0.4) is 0 Å². The first-order valence-corrected chi connectivity index (χ1v) is 5.91. The first kappa shape index (κ1) is 13.7. The van der Waals surface area contributed by atoms with Gasteiger partial charge in [0.25, 0.3) is 0 Å². The number of amidine groups is 1. The average molecular weight is 273 g/mol. The molecule has 0 aliphatic heterocycles. The van der Waals surface area contributed by atoms with Gasteiger partial charge in [0.05, 0.1) is 7.11 Å². The maximum Gasteiger partial charge on any atom is 0.170 e. The number of oxime groups is 1. The number of nitrogens with zero attached hydrogens (tertiary/aromatic N) is 2. The summed E-state index contributed by atoms with van der Waals surface area (Å²) in [4.78, 5) is 3.94. The second kappa shape index (κ2) is 6.42. The van der Waals surface area contributed by atoms with Gasteiger partial charge in [-0.1, -0.05) is 5.16 Å². The highest BCUT2D eigenvalue weighted by Crippen LogP contribution is 2.23. The maximum atomic E-state index is 8.72. The van der Waals surface area contributed by atoms with Gasteiger partial charge < -0.3 is 20.4 Å². The Morgan fingerprint density at radius 1 is 1.25 bits per heavy atom. The summed E-state index contributed by atoms with van der Waals surface area (Å²) in [5, 5.41) is 11.7. The van der Waals surface area contributed by atoms with Crippen LogP contribution in [-0.2, 0) is 6.61 Å². The molecule has 0 saturated heterocycles. The van der Waals surface area contributed by atoms with E-state index in [1.807, 2.05) is 12.1 Å². The predicted octanol–water partition coefficient (Wildman–Crippen LogP) is 1.76. The molecule has 0 radical (unpaired) electrons. The van der Waals surface area contributed by atoms with Crippen molar-refractivity contribution >= 4 is 5.84 Å². The van der Waals surface area contributed by atoms with Crippen molar-refractivity contribution < 1.29 is 14.7 Å². The topological polar surface area (TPSA) is 90.0 Å². The van der Waals surface area contributed by atoms with Crippen LogP contribution >= 0.6 is 0 Å². The molecule has 3 N–H and O–H groups in total. The van der Waals surface area contributed by atoms with Gasteiger partial charge in [-0.15, -0.1) is 0 Å². The van der Waals surface area contributed by atoms with E-state index in [9.17, 15) is 0 Å². The molecule has 6 nitrogen and oxygen atoms in total. The monoisotopic (exact) mass is 273 g/mol. The summed E-state index contributed by atoms with van der Waals surface area (Å²) in [6.45, 7) is 0.394. The van der Waals surface area contributed by atoms with Crippen molar-refractivity contribution in [3.8, 4) is 11.5 Å². The molecule has 1 aromatic heterocycles. The second-order valence-corrected chi connectivity index (χ2v) is 4.03. The van der Waals surface area contributed by atoms with E-state index in [0.29, 0.717) is 23.7 Å². The molecule has 0 unspecified atom stereocenters. The predicted molar refractivity (Wildman–Crippen MR) is 74.1 cm³/mol. The minimum Gasteiger partial charge on any atom is -0.497 e. The van der Waals surface area contributed by atoms with Gasteiger partial charge in [-0.2, -0.15) is 0 Å². The summed E-state index contributed by atoms with van der Waals surface area (Å²) < 4.78 is 10.8. The molecule has 6 heteroatoms. The van der Waals surface area contributed by atoms with E-state index < -0.39 is 0 Å². The standard InChI is InChI=1S/C14H15N3O3/c1-19-12-6-11(14(15)17-18)7-13(8-12)20-9-10-2-4-16-5-3-10/h2-8,18H,9H2,1H3,(H2,15,17). The molecule has 104 valence electrons. The fourth-order valence-electron chi connectivity index (χ4n) is 1.62. The van der Waals surface area contributed by atoms with Crippen molar-refractivity contribution in [3.63, 3.8) is 0 Å². The first-order chi connectivity index (χ1) is 9.72. The van der Waals surface area contributed by atoms with Crippen LogP contribution in [0.25, 0.3) is 0 Å². The SMILES string of the molecule is COc1cc(OCc2ccncc2)cc(/C(N)=N/O)c1. The van der Waals surface area contributed by atoms with E-state index in [-0.39, 0.29) is 5.84 Å². The molecule has 2 aromatic rings. The number of hydrogen-bond acceptors (Lipinski definition) is 5. The number of hydrogen-bond donors (Lipinski definition) is 2. The molecule has 2 rings (SSSR count). The Morgan fingerprint density at radius 3 is 2.60 bits per heavy atom. The first-order valence-electron chi connectivity index (χ1n) is 5.91. The maximum absolute atomic E-state index is 8.72. The number of nitrogens with two attached hydrogens (primary N) is 1. The normalized spacial score (nSPS) is 11.2. The van der Waals surface area contributed by atoms with E-state index in [4.69, 9.17) is 20.4 Å². The molecule has 0 saturated carbocycles. The molecule has 0 fully saturated rings. The van der Waals surface area contributed by atoms with E-state index in [1.165, 1.54) is 7.11 Å². The smallest absolute Gasteiger partial charge is 0.170 e. The van der Waals surface area contributed by atoms with Crippen molar-refractivity contribution in [1.82, 2.24) is 4.98 Å². The van der Waals surface area contributed by atoms with Gasteiger partial charge in [0, 0.05) is 24.0 Å². The fourth-order valence-corrected chi connectivity index (χ4v) is 1.62. The minimum absolute atomic E-state index is 0.00217. The zero-order chi connectivity index (χ0) is 14.4. The van der Waals surface area contributed by atoms with Gasteiger partial charge in [-0.05, 0) is 29.8 Å². The third-order valence-electron chi connectivity index (χ3n) is 2.67. The van der Waals surface area contributed by atoms with E-state index in [1.54, 1.807) is 30.6 Å². The molecule has 0 aliphatic carbocycles. The molecule has 0 atom stereocenters. The molecule has 1 heterocycles. The van der Waals surface area contributed by atoms with Gasteiger partial charge in [-0.25, -0.2) is 0 Å². The number of ether oxygens (including phenoxy) is 2. The number of methoxy groups -OCH3 is 1. The molecule has 0 bridgehead atoms. The Balaban J connectivity index is 2.18. The summed E-state index contributed by atoms with van der Waals surface area (Å²) in [7, 11) is 1.54. The van der Waals surface area contributed by atoms with Crippen molar-refractivity contribution in [2.45, 2.75) is 6.61 Å². The fraction of sp³-hybridized carbons (Fsp3) is 0.143. The highest BCUT2D eigenvalue weighted by Gasteiger charge is 2.06. The average Bonchev–Trinajstić information content (AvgIpc) is 2.52. The largest absolute Gasteiger partial charge is 0.497 e. The quantitative estimate of drug-likeness (QED) is 0.375. The van der Waals surface area contributed by atoms with Crippen LogP contribution < -0.4 is 15.2 Å². The highest BCUT2D eigenvalue weighted by molar-refractivity contribution is 5.97. The van der Waals surface area contributed by atoms with Crippen molar-refractivity contribution in [3.05, 3.63) is 53.9 Å². The lowest BCUT2D eigenvalue weighted by Crippen LogP contribution is -2.13. The lowest BCUT2D eigenvalue weighted by Gasteiger charge is -2.10. The third kappa shape index (κ3) is 3.38. The van der Waals surface area contributed by atoms with Gasteiger partial charge in [-0.3, -0.25) is 4.98 Å². The van der Waals surface area contributed by atoms with E-state index >= 15 is 0 Å². The third-order valence-corrected chi connectivity index (χ3v) is 2.67. The van der Waals surface area contributed by atoms with Crippen LogP contribution in [0.4, 0.5) is 0 Å². The van der Waals surface area contributed by atoms with Crippen LogP contribution in [0.1, 0.15) is 11.1 Å². The Kier molecular flexibility index (Phi) is 4.39. The zero-order valence-corrected chi connectivity index (χ0v) is 11.0. The molecule has 0 spiro atoms. The zero-order valence-electron chi connectivity index (χ0n) is 11.0. The molecular formula is C14H15N3O3. The molecule has 0 aliphatic rings. The Labute approximate surface area is 116 Å². The van der Waals surface area contributed by atoms with Crippen LogP contribution in [0.5, 0.6) is 11.5 Å². The van der Waals surface area contributed by atoms with Crippen LogP contribution in [-0.4, -0.2) is 23.1 Å². The van der Waals surface area contributed by atoms with Gasteiger partial charge in [0.1, 0.15) is 18.1 Å². The number of rotatable bonds is 5. The molecule has 1 aromatic carbocycles. The summed E-state index contributed by atoms with van der Waals surface area (Å²) >= 11 is 0. The summed E-state index contributed by atoms with van der Waals surface area (Å²) in [5.41, 5.74) is 7.09. The van der Waals surface area contributed by atoms with Gasteiger partial charge in [0.15, 0.2) is 5.84 Å². The van der Waals surface area contributed by atoms with Crippen molar-refractivity contribution in [1.29, 1.82) is 0 Å². The molecule has 0 amide bonds. The van der Waals surface area contributed by atoms with Crippen molar-refractivity contribution in [2.24, 2.45) is 10.9 Å². The number of pyridine rings is 1. The summed E-state index contributed by atoms with van der Waals surface area (Å²) in [6, 6.07) is 8.80. The minimum atomic E-state index is -0.00217. The highest BCUT2D eigenvalue weighted by atomic mass is 16.5. The van der Waals surface area contributed by atoms with Gasteiger partial charge >= 0.3 is 0 Å². The summed E-state index contributed by atoms with van der Waals surface area (Å²) in [5.74, 6) is 1.14. The van der Waals surface area contributed by atoms with E-state index in [2.05, 4.69) is 10.1 Å². The lowest BCUT2D eigenvalue weighted by atomic mass is 10.2. The van der Waals surface area contributed by atoms with Crippen molar-refractivity contribution in [2.75, 3.05) is 7.11 Å². The Morgan fingerprint density at radius 2 is 1.95 bits per heavy atom. The van der Waals surface area contributed by atoms with E-state index in [0.717, 1.165) is 5.56 Å². The lowest BCUT2D eigenvalue weighted by molar-refractivity contribution is 0.303. The van der Waals surface area contributed by atoms with Crippen LogP contribution in [0.15, 0.2) is 47.9 Å². The van der Waals surface area contributed by atoms with Crippen LogP contribution in [0, 0.1) is 0 Å². The molecular weight excluding hydrogens is 258 g/mol. The van der Waals surface area contributed by atoms with Gasteiger partial charge in [0.2, 0.25) is 0 Å². The number of benzene rings is 1. The number of aromatic nitrogens is 1. The Bertz CT molecular complexity index is 600. The summed E-state index contributed by atoms with van der Waals surface area (Å²) in [6.07, 6.45) is 3.40.